The number of aromatic amines is 1. The molecule has 0 spiro atoms. The van der Waals surface area contributed by atoms with Crippen LogP contribution in [0.25, 0.3) is 16.6 Å². The molecule has 0 aliphatic rings. The Kier molecular flexibility index (Phi) is 10.6. The van der Waals surface area contributed by atoms with E-state index in [4.69, 9.17) is 14.6 Å². The number of hydrogen-bond donors (Lipinski definition) is 4. The molecule has 0 aliphatic heterocycles. The van der Waals surface area contributed by atoms with Crippen molar-refractivity contribution in [2.45, 2.75) is 45.8 Å². The number of benzene rings is 2. The number of H-pyrrole nitrogens is 1. The molecule has 198 valence electrons. The number of aliphatic carboxylic acids is 1. The number of ether oxygens (including phenoxy) is 2. The van der Waals surface area contributed by atoms with Gasteiger partial charge in [0.1, 0.15) is 24.2 Å². The van der Waals surface area contributed by atoms with Gasteiger partial charge >= 0.3 is 5.97 Å². The van der Waals surface area contributed by atoms with E-state index in [1.54, 1.807) is 6.07 Å². The fourth-order valence-corrected chi connectivity index (χ4v) is 3.89. The van der Waals surface area contributed by atoms with E-state index in [9.17, 15) is 9.90 Å². The summed E-state index contributed by atoms with van der Waals surface area (Å²) in [6.45, 7) is 6.48. The molecule has 0 saturated heterocycles. The average molecular weight is 508 g/mol. The summed E-state index contributed by atoms with van der Waals surface area (Å²) >= 11 is 0. The van der Waals surface area contributed by atoms with E-state index in [1.807, 2.05) is 71.7 Å². The summed E-state index contributed by atoms with van der Waals surface area (Å²) in [5.74, 6) is 0.211. The van der Waals surface area contributed by atoms with E-state index in [2.05, 4.69) is 31.1 Å². The number of carboxylic acid groups (broad SMARTS) is 1. The number of para-hydroxylation sites is 3. The SMILES string of the molecule is CC(Cc1c[nH]c2c(OCC(=O)O)cccc12)NCC(O)COc1ccccc1-n1cccc1.CCC. The molecule has 0 radical (unpaired) electrons. The third-order valence-corrected chi connectivity index (χ3v) is 5.52. The molecule has 0 aliphatic carbocycles. The predicted molar refractivity (Wildman–Crippen MR) is 146 cm³/mol. The van der Waals surface area contributed by atoms with E-state index >= 15 is 0 Å². The first-order valence-electron chi connectivity index (χ1n) is 12.6. The molecular weight excluding hydrogens is 470 g/mol. The number of aliphatic hydroxyl groups is 1. The summed E-state index contributed by atoms with van der Waals surface area (Å²) in [6.07, 6.45) is 7.13. The van der Waals surface area contributed by atoms with E-state index in [1.165, 1.54) is 6.42 Å². The lowest BCUT2D eigenvalue weighted by molar-refractivity contribution is -0.139. The zero-order chi connectivity index (χ0) is 26.6. The van der Waals surface area contributed by atoms with Crippen LogP contribution < -0.4 is 14.8 Å². The Hall–Kier alpha value is -3.75. The van der Waals surface area contributed by atoms with Gasteiger partial charge in [0.05, 0.1) is 11.2 Å². The highest BCUT2D eigenvalue weighted by atomic mass is 16.5. The first-order chi connectivity index (χ1) is 17.9. The van der Waals surface area contributed by atoms with Crippen LogP contribution in [0.1, 0.15) is 32.8 Å². The molecule has 4 rings (SSSR count). The Bertz CT molecular complexity index is 1240. The minimum absolute atomic E-state index is 0.101. The molecule has 0 saturated carbocycles. The molecule has 2 unspecified atom stereocenters. The summed E-state index contributed by atoms with van der Waals surface area (Å²) in [5, 5.41) is 23.7. The molecule has 4 N–H and O–H groups in total. The van der Waals surface area contributed by atoms with E-state index < -0.39 is 12.1 Å². The summed E-state index contributed by atoms with van der Waals surface area (Å²) < 4.78 is 13.3. The van der Waals surface area contributed by atoms with Crippen molar-refractivity contribution in [3.8, 4) is 17.2 Å². The van der Waals surface area contributed by atoms with Gasteiger partial charge in [0.2, 0.25) is 0 Å². The number of carbonyl (C=O) groups is 1. The molecule has 0 fully saturated rings. The largest absolute Gasteiger partial charge is 0.489 e. The van der Waals surface area contributed by atoms with Gasteiger partial charge in [0.25, 0.3) is 0 Å². The molecule has 2 aromatic carbocycles. The lowest BCUT2D eigenvalue weighted by atomic mass is 10.1. The number of nitrogens with one attached hydrogen (secondary N) is 2. The maximum Gasteiger partial charge on any atom is 0.341 e. The highest BCUT2D eigenvalue weighted by Gasteiger charge is 2.14. The summed E-state index contributed by atoms with van der Waals surface area (Å²) in [7, 11) is 0. The van der Waals surface area contributed by atoms with Crippen molar-refractivity contribution in [1.82, 2.24) is 14.9 Å². The minimum atomic E-state index is -1.02. The number of nitrogens with zero attached hydrogens (tertiary/aromatic N) is 1. The highest BCUT2D eigenvalue weighted by Crippen LogP contribution is 2.28. The molecule has 8 heteroatoms. The number of hydrogen-bond acceptors (Lipinski definition) is 5. The van der Waals surface area contributed by atoms with Crippen molar-refractivity contribution in [2.24, 2.45) is 0 Å². The van der Waals surface area contributed by atoms with Crippen LogP contribution in [0.15, 0.2) is 73.2 Å². The zero-order valence-corrected chi connectivity index (χ0v) is 21.7. The van der Waals surface area contributed by atoms with Crippen LogP contribution in [0.4, 0.5) is 0 Å². The van der Waals surface area contributed by atoms with Crippen LogP contribution >= 0.6 is 0 Å². The predicted octanol–water partition coefficient (Wildman–Crippen LogP) is 4.80. The van der Waals surface area contributed by atoms with Gasteiger partial charge in [-0.05, 0) is 49.2 Å². The van der Waals surface area contributed by atoms with Gasteiger partial charge < -0.3 is 34.6 Å². The number of fused-ring (bicyclic) bond motifs is 1. The second-order valence-electron chi connectivity index (χ2n) is 8.92. The number of aliphatic hydroxyl groups excluding tert-OH is 1. The Morgan fingerprint density at radius 2 is 1.73 bits per heavy atom. The monoisotopic (exact) mass is 507 g/mol. The topological polar surface area (TPSA) is 109 Å². The van der Waals surface area contributed by atoms with Gasteiger partial charge in [-0.25, -0.2) is 4.79 Å². The van der Waals surface area contributed by atoms with Crippen molar-refractivity contribution in [2.75, 3.05) is 19.8 Å². The second-order valence-corrected chi connectivity index (χ2v) is 8.92. The third-order valence-electron chi connectivity index (χ3n) is 5.52. The van der Waals surface area contributed by atoms with Crippen LogP contribution in [0.5, 0.6) is 11.5 Å². The summed E-state index contributed by atoms with van der Waals surface area (Å²) in [6, 6.07) is 17.3. The molecule has 37 heavy (non-hydrogen) atoms. The van der Waals surface area contributed by atoms with Crippen LogP contribution in [0.3, 0.4) is 0 Å². The van der Waals surface area contributed by atoms with E-state index in [0.29, 0.717) is 18.0 Å². The van der Waals surface area contributed by atoms with Gasteiger partial charge in [-0.1, -0.05) is 44.5 Å². The quantitative estimate of drug-likeness (QED) is 0.219. The molecule has 2 atom stereocenters. The van der Waals surface area contributed by atoms with Crippen molar-refractivity contribution in [3.63, 3.8) is 0 Å². The minimum Gasteiger partial charge on any atom is -0.489 e. The first-order valence-corrected chi connectivity index (χ1v) is 12.6. The number of rotatable bonds is 12. The number of carboxylic acids is 1. The maximum atomic E-state index is 10.8. The van der Waals surface area contributed by atoms with Crippen molar-refractivity contribution < 1.29 is 24.5 Å². The molecule has 8 nitrogen and oxygen atoms in total. The molecule has 2 aromatic heterocycles. The third kappa shape index (κ3) is 8.13. The zero-order valence-electron chi connectivity index (χ0n) is 21.7. The van der Waals surface area contributed by atoms with Gasteiger partial charge in [-0.2, -0.15) is 0 Å². The highest BCUT2D eigenvalue weighted by molar-refractivity contribution is 5.88. The first kappa shape index (κ1) is 27.8. The maximum absolute atomic E-state index is 10.8. The van der Waals surface area contributed by atoms with Gasteiger partial charge in [0.15, 0.2) is 6.61 Å². The second kappa shape index (κ2) is 14.1. The molecule has 0 amide bonds. The lowest BCUT2D eigenvalue weighted by Gasteiger charge is -2.18. The molecule has 2 heterocycles. The molecular formula is C29H37N3O5. The fraction of sp³-hybridized carbons (Fsp3) is 0.345. The van der Waals surface area contributed by atoms with Crippen LogP contribution in [0, 0.1) is 0 Å². The normalized spacial score (nSPS) is 12.4. The lowest BCUT2D eigenvalue weighted by Crippen LogP contribution is -2.37. The van der Waals surface area contributed by atoms with Gasteiger partial charge in [0, 0.05) is 36.6 Å². The van der Waals surface area contributed by atoms with Crippen molar-refractivity contribution >= 4 is 16.9 Å². The Morgan fingerprint density at radius 3 is 2.46 bits per heavy atom. The number of aromatic nitrogens is 2. The van der Waals surface area contributed by atoms with Crippen LogP contribution in [-0.4, -0.2) is 57.6 Å². The molecule has 0 bridgehead atoms. The Balaban J connectivity index is 0.00000121. The fourth-order valence-electron chi connectivity index (χ4n) is 3.89. The van der Waals surface area contributed by atoms with Gasteiger partial charge in [-0.15, -0.1) is 0 Å². The van der Waals surface area contributed by atoms with Crippen molar-refractivity contribution in [3.05, 3.63) is 78.8 Å². The Morgan fingerprint density at radius 1 is 1.03 bits per heavy atom. The molecule has 4 aromatic rings. The van der Waals surface area contributed by atoms with Gasteiger partial charge in [-0.3, -0.25) is 0 Å². The van der Waals surface area contributed by atoms with E-state index in [0.717, 1.165) is 28.6 Å². The van der Waals surface area contributed by atoms with E-state index in [-0.39, 0.29) is 19.3 Å². The summed E-state index contributed by atoms with van der Waals surface area (Å²) in [4.78, 5) is 14.0. The van der Waals surface area contributed by atoms with Crippen molar-refractivity contribution in [1.29, 1.82) is 0 Å². The van der Waals surface area contributed by atoms with Crippen LogP contribution in [-0.2, 0) is 11.2 Å². The Labute approximate surface area is 217 Å². The summed E-state index contributed by atoms with van der Waals surface area (Å²) in [5.41, 5.74) is 2.79. The standard InChI is InChI=1S/C26H29N3O5.C3H8/c1-18(13-19-14-28-26-21(19)7-6-10-24(26)34-17-25(31)32)27-15-20(30)16-33-23-9-3-2-8-22(23)29-11-4-5-12-29;1-3-2/h2-12,14,18,20,27-28,30H,13,15-17H2,1H3,(H,31,32);3H2,1-2H3. The smallest absolute Gasteiger partial charge is 0.341 e. The van der Waals surface area contributed by atoms with Crippen LogP contribution in [0.2, 0.25) is 0 Å². The average Bonchev–Trinajstić information content (AvgIpc) is 3.57.